The van der Waals surface area contributed by atoms with Crippen molar-refractivity contribution in [2.24, 2.45) is 0 Å². The molecule has 0 aromatic heterocycles. The van der Waals surface area contributed by atoms with Gasteiger partial charge < -0.3 is 0 Å². The summed E-state index contributed by atoms with van der Waals surface area (Å²) in [6.07, 6.45) is 0. The molecule has 41 heavy (non-hydrogen) atoms. The molecule has 0 aliphatic rings. The Kier molecular flexibility index (Phi) is 12.2. The molecular formula is C18Fe2N18Ru3. The average Bonchev–Trinajstić information content (AvgIpc) is 3.06. The van der Waals surface area contributed by atoms with Crippen LogP contribution < -0.4 is 0 Å². The molecule has 0 aliphatic carbocycles. The molecule has 202 valence electrons. The summed E-state index contributed by atoms with van der Waals surface area (Å²) < 4.78 is 19.1. The fraction of sp³-hybridized carbons (Fsp3) is 0. The van der Waals surface area contributed by atoms with Crippen molar-refractivity contribution in [3.63, 3.8) is 0 Å². The van der Waals surface area contributed by atoms with E-state index in [2.05, 4.69) is 0 Å². The molecule has 2 radical (unpaired) electrons. The van der Waals surface area contributed by atoms with Crippen LogP contribution in [0.4, 0.5) is 0 Å². The van der Waals surface area contributed by atoms with E-state index in [0.717, 1.165) is 83.9 Å². The molecule has 0 N–H and O–H groups in total. The van der Waals surface area contributed by atoms with Crippen LogP contribution in [0, 0.1) is 179 Å². The second-order valence-electron chi connectivity index (χ2n) is 5.40. The predicted octanol–water partition coefficient (Wildman–Crippen LogP) is 0.290. The number of hydrogen-bond acceptors (Lipinski definition) is 18. The van der Waals surface area contributed by atoms with Crippen molar-refractivity contribution in [2.45, 2.75) is 0 Å². The number of rotatable bonds is 0. The van der Waals surface area contributed by atoms with E-state index in [9.17, 15) is 0 Å². The van der Waals surface area contributed by atoms with E-state index >= 15 is 0 Å². The van der Waals surface area contributed by atoms with Crippen molar-refractivity contribution in [1.82, 2.24) is 0 Å². The maximum absolute atomic E-state index is 8.59. The fourth-order valence-corrected chi connectivity index (χ4v) is 4.71. The third-order valence-electron chi connectivity index (χ3n) is 3.56. The van der Waals surface area contributed by atoms with Gasteiger partial charge in [-0.2, -0.15) is 0 Å². The second-order valence-corrected chi connectivity index (χ2v) is 31.9. The monoisotopic (exact) mass is 886 g/mol. The van der Waals surface area contributed by atoms with Gasteiger partial charge in [0.2, 0.25) is 0 Å². The molecule has 0 aliphatic heterocycles. The summed E-state index contributed by atoms with van der Waals surface area (Å²) in [5.74, 6) is 0. The van der Waals surface area contributed by atoms with Crippen molar-refractivity contribution in [3.05, 3.63) is 0 Å². The molecule has 0 saturated carbocycles. The first-order valence-electron chi connectivity index (χ1n) is 7.21. The average molecular weight is 883 g/mol. The first-order valence-corrected chi connectivity index (χ1v) is 22.8. The molecule has 0 aromatic carbocycles. The Morgan fingerprint density at radius 3 is 0.220 bits per heavy atom. The van der Waals surface area contributed by atoms with E-state index in [1.807, 2.05) is 0 Å². The summed E-state index contributed by atoms with van der Waals surface area (Å²) in [7, 11) is 0. The molecule has 0 spiro atoms. The number of nitriles is 18. The Labute approximate surface area is 247 Å². The van der Waals surface area contributed by atoms with E-state index in [4.69, 9.17) is 94.7 Å². The predicted molar refractivity (Wildman–Crippen MR) is 101 cm³/mol. The molecule has 0 atom stereocenters. The molecule has 0 bridgehead atoms. The minimum atomic E-state index is -6.55. The molecule has 0 heterocycles. The van der Waals surface area contributed by atoms with Gasteiger partial charge >= 0.3 is 250 Å². The molecular weight excluding hydrogens is 883 g/mol. The van der Waals surface area contributed by atoms with Crippen LogP contribution in [-0.4, -0.2) is 0 Å². The third-order valence-corrected chi connectivity index (χ3v) is 21.0. The van der Waals surface area contributed by atoms with Crippen LogP contribution in [0.5, 0.6) is 0 Å². The van der Waals surface area contributed by atoms with Crippen molar-refractivity contribution in [3.8, 4) is 83.9 Å². The van der Waals surface area contributed by atoms with E-state index < -0.39 is 37.3 Å². The van der Waals surface area contributed by atoms with Crippen molar-refractivity contribution >= 4 is 0 Å². The Hall–Kier alpha value is -6.27. The zero-order valence-corrected chi connectivity index (χ0v) is 26.2. The fourth-order valence-electron chi connectivity index (χ4n) is 0.795. The molecule has 18 nitrogen and oxygen atoms in total. The van der Waals surface area contributed by atoms with Crippen LogP contribution in [0.1, 0.15) is 0 Å². The van der Waals surface area contributed by atoms with Gasteiger partial charge in [0.25, 0.3) is 0 Å². The minimum absolute atomic E-state index is 0. The van der Waals surface area contributed by atoms with Gasteiger partial charge in [-0.15, -0.1) is 0 Å². The topological polar surface area (TPSA) is 428 Å². The zero-order chi connectivity index (χ0) is 32.0. The zero-order valence-electron chi connectivity index (χ0n) is 18.8. The van der Waals surface area contributed by atoms with Gasteiger partial charge in [-0.25, -0.2) is 0 Å². The van der Waals surface area contributed by atoms with Gasteiger partial charge in [0, 0.05) is 0 Å². The summed E-state index contributed by atoms with van der Waals surface area (Å²) in [5.41, 5.74) is 0. The first kappa shape index (κ1) is 44.7. The maximum Gasteiger partial charge on any atom is 3.00 e. The van der Waals surface area contributed by atoms with Gasteiger partial charge in [0.1, 0.15) is 0 Å². The minimum Gasteiger partial charge on any atom is 3.00 e. The quantitative estimate of drug-likeness (QED) is 0.295. The Bertz CT molecular complexity index is 1410. The summed E-state index contributed by atoms with van der Waals surface area (Å²) in [4.78, 5) is 0. The van der Waals surface area contributed by atoms with Crippen LogP contribution in [0.2, 0.25) is 0 Å². The van der Waals surface area contributed by atoms with Crippen LogP contribution in [0.3, 0.4) is 0 Å². The molecule has 0 unspecified atom stereocenters. The third kappa shape index (κ3) is 4.84. The van der Waals surface area contributed by atoms with Gasteiger partial charge in [0.15, 0.2) is 0 Å². The van der Waals surface area contributed by atoms with E-state index in [-0.39, 0.29) is 34.1 Å². The van der Waals surface area contributed by atoms with E-state index in [0.29, 0.717) is 0 Å². The molecule has 0 rings (SSSR count). The van der Waals surface area contributed by atoms with Crippen LogP contribution in [0.25, 0.3) is 0 Å². The van der Waals surface area contributed by atoms with Crippen LogP contribution in [0.15, 0.2) is 0 Å². The van der Waals surface area contributed by atoms with E-state index in [1.54, 1.807) is 0 Å². The molecule has 0 fully saturated rings. The van der Waals surface area contributed by atoms with Gasteiger partial charge in [-0.1, -0.05) is 0 Å². The number of hydrogen-bond donors (Lipinski definition) is 0. The smallest absolute Gasteiger partial charge is 3.00 e. The summed E-state index contributed by atoms with van der Waals surface area (Å²) in [6.45, 7) is 0. The van der Waals surface area contributed by atoms with Crippen LogP contribution in [-0.2, 0) is 71.4 Å². The molecule has 0 aromatic rings. The van der Waals surface area contributed by atoms with Crippen molar-refractivity contribution in [1.29, 1.82) is 94.7 Å². The Balaban J connectivity index is -0.000000154. The SMILES string of the molecule is N#[C][Ru-2]([C]#N)([C]#N)([C]#N)([C]#N)[C]#N.N#[C][Ru-2]([C]#N)([C]#N)([C]#N)([C]#N)[C]#N.N#[C][Ru-2]([C]#N)([C]#N)([C]#N)([C]#N)[C]#N.[Fe+3].[Fe+3]. The van der Waals surface area contributed by atoms with Crippen molar-refractivity contribution < 1.29 is 71.4 Å². The van der Waals surface area contributed by atoms with Crippen molar-refractivity contribution in [2.75, 3.05) is 0 Å². The summed E-state index contributed by atoms with van der Waals surface area (Å²) in [5, 5.41) is 155. The Morgan fingerprint density at radius 2 is 0.220 bits per heavy atom. The first-order chi connectivity index (χ1) is 17.9. The summed E-state index contributed by atoms with van der Waals surface area (Å²) >= 11 is -19.6. The standard InChI is InChI=1S/18CN.2Fe.3Ru/c18*1-2;;;;;/q;;;;;;;;;;;;;;;;;;2*+3;3*-2. The van der Waals surface area contributed by atoms with Gasteiger partial charge in [0.05, 0.1) is 0 Å². The molecule has 23 heteroatoms. The summed E-state index contributed by atoms with van der Waals surface area (Å²) in [6, 6.07) is 0. The Morgan fingerprint density at radius 1 is 0.171 bits per heavy atom. The molecule has 0 amide bonds. The van der Waals surface area contributed by atoms with Gasteiger partial charge in [-0.05, 0) is 0 Å². The largest absolute Gasteiger partial charge is 3.00 e. The number of nitrogens with zero attached hydrogens (tertiary/aromatic N) is 18. The normalized spacial score (nSPS) is 12.7. The van der Waals surface area contributed by atoms with E-state index in [1.165, 1.54) is 0 Å². The second kappa shape index (κ2) is 11.2. The molecule has 0 saturated heterocycles. The van der Waals surface area contributed by atoms with Crippen LogP contribution >= 0.6 is 0 Å². The maximum atomic E-state index is 8.59. The van der Waals surface area contributed by atoms with Gasteiger partial charge in [-0.3, -0.25) is 0 Å².